The number of carbonyl (C=O) groups is 1. The lowest BCUT2D eigenvalue weighted by molar-refractivity contribution is 0.0633. The van der Waals surface area contributed by atoms with E-state index in [2.05, 4.69) is 10.4 Å². The van der Waals surface area contributed by atoms with Crippen molar-refractivity contribution >= 4 is 29.9 Å². The zero-order chi connectivity index (χ0) is 15.7. The molecule has 2 aromatic rings. The topological polar surface area (TPSA) is 50.2 Å². The van der Waals surface area contributed by atoms with Crippen molar-refractivity contribution < 1.29 is 4.79 Å². The van der Waals surface area contributed by atoms with Gasteiger partial charge in [-0.05, 0) is 18.6 Å². The predicted molar refractivity (Wildman–Crippen MR) is 93.3 cm³/mol. The molecule has 1 amide bonds. The number of hydrogen-bond donors (Lipinski definition) is 1. The molecular formula is C16H20Cl2N4O. The molecule has 0 spiro atoms. The van der Waals surface area contributed by atoms with Gasteiger partial charge < -0.3 is 10.2 Å². The molecule has 1 N–H and O–H groups in total. The third kappa shape index (κ3) is 3.52. The fourth-order valence-electron chi connectivity index (χ4n) is 2.93. The Labute approximate surface area is 147 Å². The molecule has 124 valence electrons. The van der Waals surface area contributed by atoms with Gasteiger partial charge in [0, 0.05) is 37.9 Å². The molecule has 1 aliphatic rings. The molecule has 0 aliphatic carbocycles. The summed E-state index contributed by atoms with van der Waals surface area (Å²) in [6.45, 7) is 4.00. The summed E-state index contributed by atoms with van der Waals surface area (Å²) >= 11 is 6.33. The summed E-state index contributed by atoms with van der Waals surface area (Å²) in [7, 11) is 1.83. The average Bonchev–Trinajstić information content (AvgIpc) is 2.86. The molecule has 1 unspecified atom stereocenters. The fraction of sp³-hybridized carbons (Fsp3) is 0.375. The van der Waals surface area contributed by atoms with Crippen LogP contribution in [0, 0.1) is 6.92 Å². The largest absolute Gasteiger partial charge is 0.329 e. The van der Waals surface area contributed by atoms with Gasteiger partial charge in [-0.2, -0.15) is 5.10 Å². The monoisotopic (exact) mass is 354 g/mol. The molecule has 2 heterocycles. The standard InChI is InChI=1S/C16H19ClN4O.ClH/c1-11-13(10-20(2)19-11)16(22)21-8-7-18-9-15(21)12-5-3-4-6-14(12)17;/h3-6,10,15,18H,7-9H2,1-2H3;1H. The highest BCUT2D eigenvalue weighted by atomic mass is 35.5. The van der Waals surface area contributed by atoms with E-state index >= 15 is 0 Å². The molecule has 5 nitrogen and oxygen atoms in total. The smallest absolute Gasteiger partial charge is 0.257 e. The van der Waals surface area contributed by atoms with Gasteiger partial charge in [0.05, 0.1) is 17.3 Å². The zero-order valence-electron chi connectivity index (χ0n) is 13.1. The van der Waals surface area contributed by atoms with E-state index in [1.807, 2.05) is 43.1 Å². The Morgan fingerprint density at radius 1 is 1.39 bits per heavy atom. The molecule has 1 aromatic heterocycles. The van der Waals surface area contributed by atoms with E-state index < -0.39 is 0 Å². The first kappa shape index (κ1) is 17.8. The normalized spacial score (nSPS) is 17.7. The maximum atomic E-state index is 12.9. The number of hydrogen-bond acceptors (Lipinski definition) is 3. The number of piperazine rings is 1. The Morgan fingerprint density at radius 3 is 2.78 bits per heavy atom. The van der Waals surface area contributed by atoms with Gasteiger partial charge in [-0.3, -0.25) is 9.48 Å². The highest BCUT2D eigenvalue weighted by Crippen LogP contribution is 2.29. The second-order valence-corrected chi connectivity index (χ2v) is 5.95. The summed E-state index contributed by atoms with van der Waals surface area (Å²) in [4.78, 5) is 14.8. The number of halogens is 2. The van der Waals surface area contributed by atoms with Crippen LogP contribution in [0.4, 0.5) is 0 Å². The number of nitrogens with one attached hydrogen (secondary N) is 1. The van der Waals surface area contributed by atoms with E-state index in [1.165, 1.54) is 0 Å². The van der Waals surface area contributed by atoms with Gasteiger partial charge >= 0.3 is 0 Å². The molecule has 7 heteroatoms. The summed E-state index contributed by atoms with van der Waals surface area (Å²) in [6.07, 6.45) is 1.78. The maximum Gasteiger partial charge on any atom is 0.257 e. The van der Waals surface area contributed by atoms with E-state index in [0.29, 0.717) is 23.7 Å². The van der Waals surface area contributed by atoms with E-state index in [-0.39, 0.29) is 24.4 Å². The quantitative estimate of drug-likeness (QED) is 0.901. The Kier molecular flexibility index (Phi) is 5.68. The number of benzene rings is 1. The van der Waals surface area contributed by atoms with Crippen LogP contribution < -0.4 is 5.32 Å². The number of nitrogens with zero attached hydrogens (tertiary/aromatic N) is 3. The second kappa shape index (κ2) is 7.34. The Morgan fingerprint density at radius 2 is 2.13 bits per heavy atom. The average molecular weight is 355 g/mol. The number of amides is 1. The van der Waals surface area contributed by atoms with Crippen molar-refractivity contribution in [2.75, 3.05) is 19.6 Å². The minimum absolute atomic E-state index is 0. The molecule has 0 saturated carbocycles. The lowest BCUT2D eigenvalue weighted by Crippen LogP contribution is -2.48. The first-order valence-corrected chi connectivity index (χ1v) is 7.72. The number of aryl methyl sites for hydroxylation is 2. The Balaban J connectivity index is 0.00000192. The maximum absolute atomic E-state index is 12.9. The first-order chi connectivity index (χ1) is 10.6. The highest BCUT2D eigenvalue weighted by molar-refractivity contribution is 6.31. The molecule has 23 heavy (non-hydrogen) atoms. The van der Waals surface area contributed by atoms with Crippen molar-refractivity contribution in [1.82, 2.24) is 20.0 Å². The molecule has 0 radical (unpaired) electrons. The number of aromatic nitrogens is 2. The Bertz CT molecular complexity index is 701. The molecule has 1 fully saturated rings. The van der Waals surface area contributed by atoms with Crippen molar-refractivity contribution in [3.63, 3.8) is 0 Å². The lowest BCUT2D eigenvalue weighted by atomic mass is 10.0. The van der Waals surface area contributed by atoms with Gasteiger partial charge in [0.25, 0.3) is 5.91 Å². The summed E-state index contributed by atoms with van der Waals surface area (Å²) in [5.41, 5.74) is 2.39. The predicted octanol–water partition coefficient (Wildman–Crippen LogP) is 2.59. The van der Waals surface area contributed by atoms with Crippen molar-refractivity contribution in [1.29, 1.82) is 0 Å². The van der Waals surface area contributed by atoms with Crippen molar-refractivity contribution in [3.8, 4) is 0 Å². The SMILES string of the molecule is Cc1nn(C)cc1C(=O)N1CCNCC1c1ccccc1Cl.Cl. The molecule has 1 aliphatic heterocycles. The van der Waals surface area contributed by atoms with Gasteiger partial charge in [-0.25, -0.2) is 0 Å². The van der Waals surface area contributed by atoms with E-state index in [0.717, 1.165) is 17.8 Å². The fourth-order valence-corrected chi connectivity index (χ4v) is 3.20. The summed E-state index contributed by atoms with van der Waals surface area (Å²) in [5, 5.41) is 8.30. The zero-order valence-corrected chi connectivity index (χ0v) is 14.7. The summed E-state index contributed by atoms with van der Waals surface area (Å²) in [6, 6.07) is 7.64. The van der Waals surface area contributed by atoms with E-state index in [1.54, 1.807) is 10.9 Å². The van der Waals surface area contributed by atoms with Gasteiger partial charge in [0.2, 0.25) is 0 Å². The van der Waals surface area contributed by atoms with Crippen LogP contribution in [0.1, 0.15) is 27.7 Å². The van der Waals surface area contributed by atoms with Crippen LogP contribution in [-0.2, 0) is 7.05 Å². The minimum Gasteiger partial charge on any atom is -0.329 e. The molecule has 1 aromatic carbocycles. The number of rotatable bonds is 2. The van der Waals surface area contributed by atoms with Crippen LogP contribution in [0.2, 0.25) is 5.02 Å². The highest BCUT2D eigenvalue weighted by Gasteiger charge is 2.31. The van der Waals surface area contributed by atoms with Crippen LogP contribution in [-0.4, -0.2) is 40.2 Å². The van der Waals surface area contributed by atoms with Gasteiger partial charge in [0.1, 0.15) is 0 Å². The number of carbonyl (C=O) groups excluding carboxylic acids is 1. The van der Waals surface area contributed by atoms with Crippen molar-refractivity contribution in [2.24, 2.45) is 7.05 Å². The molecule has 3 rings (SSSR count). The third-order valence-electron chi connectivity index (χ3n) is 4.01. The van der Waals surface area contributed by atoms with Crippen molar-refractivity contribution in [2.45, 2.75) is 13.0 Å². The van der Waals surface area contributed by atoms with Crippen LogP contribution in [0.15, 0.2) is 30.5 Å². The molecule has 0 bridgehead atoms. The first-order valence-electron chi connectivity index (χ1n) is 7.34. The Hall–Kier alpha value is -1.56. The summed E-state index contributed by atoms with van der Waals surface area (Å²) < 4.78 is 1.68. The summed E-state index contributed by atoms with van der Waals surface area (Å²) in [5.74, 6) is 0.0111. The molecular weight excluding hydrogens is 335 g/mol. The second-order valence-electron chi connectivity index (χ2n) is 5.54. The van der Waals surface area contributed by atoms with Crippen LogP contribution in [0.25, 0.3) is 0 Å². The molecule has 1 saturated heterocycles. The lowest BCUT2D eigenvalue weighted by Gasteiger charge is -2.36. The van der Waals surface area contributed by atoms with Gasteiger partial charge in [0.15, 0.2) is 0 Å². The van der Waals surface area contributed by atoms with E-state index in [9.17, 15) is 4.79 Å². The van der Waals surface area contributed by atoms with Crippen LogP contribution in [0.5, 0.6) is 0 Å². The minimum atomic E-state index is -0.0606. The molecule has 1 atom stereocenters. The van der Waals surface area contributed by atoms with Crippen LogP contribution >= 0.6 is 24.0 Å². The van der Waals surface area contributed by atoms with Crippen LogP contribution in [0.3, 0.4) is 0 Å². The third-order valence-corrected chi connectivity index (χ3v) is 4.36. The van der Waals surface area contributed by atoms with Gasteiger partial charge in [-0.15, -0.1) is 12.4 Å². The van der Waals surface area contributed by atoms with E-state index in [4.69, 9.17) is 11.6 Å². The van der Waals surface area contributed by atoms with Crippen molar-refractivity contribution in [3.05, 3.63) is 52.3 Å². The van der Waals surface area contributed by atoms with Gasteiger partial charge in [-0.1, -0.05) is 29.8 Å².